The van der Waals surface area contributed by atoms with Crippen molar-refractivity contribution in [1.29, 1.82) is 0 Å². The lowest BCUT2D eigenvalue weighted by molar-refractivity contribution is -0.387. The molecular formula is C13H7BrFN3O7. The minimum Gasteiger partial charge on any atom is -0.478 e. The molecule has 0 spiro atoms. The van der Waals surface area contributed by atoms with Crippen molar-refractivity contribution in [3.63, 3.8) is 0 Å². The fraction of sp³-hybridized carbons (Fsp3) is 0. The van der Waals surface area contributed by atoms with Crippen molar-refractivity contribution in [3.05, 3.63) is 54.0 Å². The molecule has 0 unspecified atom stereocenters. The van der Waals surface area contributed by atoms with Gasteiger partial charge in [-0.3, -0.25) is 14.9 Å². The third-order valence-electron chi connectivity index (χ3n) is 3.17. The number of pyridine rings is 1. The molecule has 0 atom stereocenters. The number of H-pyrrole nitrogens is 1. The predicted molar refractivity (Wildman–Crippen MR) is 85.1 cm³/mol. The first-order valence-corrected chi connectivity index (χ1v) is 7.01. The van der Waals surface area contributed by atoms with Crippen LogP contribution >= 0.6 is 15.9 Å². The number of rotatable bonds is 4. The van der Waals surface area contributed by atoms with Crippen LogP contribution in [0.3, 0.4) is 0 Å². The van der Waals surface area contributed by atoms with Crippen LogP contribution in [0.5, 0.6) is 0 Å². The minimum atomic E-state index is -1.79. The highest BCUT2D eigenvalue weighted by atomic mass is 79.9. The number of hydrogen-bond acceptors (Lipinski definition) is 6. The summed E-state index contributed by atoms with van der Waals surface area (Å²) < 4.78 is 13.8. The Balaban J connectivity index is 3.03. The molecule has 0 aliphatic carbocycles. The first kappa shape index (κ1) is 18.1. The van der Waals surface area contributed by atoms with Crippen molar-refractivity contribution in [1.82, 2.24) is 4.98 Å². The molecule has 10 nitrogen and oxygen atoms in total. The Hall–Kier alpha value is -3.28. The number of anilines is 1. The fourth-order valence-electron chi connectivity index (χ4n) is 2.18. The summed E-state index contributed by atoms with van der Waals surface area (Å²) >= 11 is 2.89. The van der Waals surface area contributed by atoms with E-state index < -0.39 is 62.0 Å². The van der Waals surface area contributed by atoms with Crippen molar-refractivity contribution >= 4 is 39.4 Å². The molecule has 0 saturated heterocycles. The summed E-state index contributed by atoms with van der Waals surface area (Å²) in [6.45, 7) is 0. The van der Waals surface area contributed by atoms with Crippen LogP contribution in [-0.4, -0.2) is 32.1 Å². The number of hydrogen-bond donors (Lipinski definition) is 4. The highest BCUT2D eigenvalue weighted by molar-refractivity contribution is 9.10. The van der Waals surface area contributed by atoms with Gasteiger partial charge in [-0.2, -0.15) is 4.39 Å². The number of benzene rings is 1. The van der Waals surface area contributed by atoms with E-state index in [1.807, 2.05) is 4.98 Å². The molecule has 0 aliphatic heterocycles. The number of nitrogens with two attached hydrogens (primary N) is 1. The van der Waals surface area contributed by atoms with Gasteiger partial charge in [0.15, 0.2) is 0 Å². The third-order valence-corrected chi connectivity index (χ3v) is 3.83. The van der Waals surface area contributed by atoms with Crippen molar-refractivity contribution in [2.24, 2.45) is 0 Å². The lowest BCUT2D eigenvalue weighted by Crippen LogP contribution is -2.24. The van der Waals surface area contributed by atoms with Crippen LogP contribution in [0.1, 0.15) is 20.7 Å². The number of aromatic nitrogens is 1. The van der Waals surface area contributed by atoms with E-state index in [4.69, 9.17) is 5.73 Å². The molecule has 2 aromatic rings. The number of nitro benzene ring substituents is 1. The molecule has 0 saturated carbocycles. The molecule has 2 rings (SSSR count). The van der Waals surface area contributed by atoms with Gasteiger partial charge in [-0.05, 0) is 22.0 Å². The second kappa shape index (κ2) is 6.32. The van der Waals surface area contributed by atoms with Crippen LogP contribution < -0.4 is 11.3 Å². The normalized spacial score (nSPS) is 10.5. The number of nitrogens with zero attached hydrogens (tertiary/aromatic N) is 1. The summed E-state index contributed by atoms with van der Waals surface area (Å²) in [7, 11) is 0. The van der Waals surface area contributed by atoms with Gasteiger partial charge in [-0.1, -0.05) is 0 Å². The molecule has 0 aliphatic rings. The largest absolute Gasteiger partial charge is 0.478 e. The Morgan fingerprint density at radius 3 is 2.28 bits per heavy atom. The Morgan fingerprint density at radius 1 is 1.24 bits per heavy atom. The van der Waals surface area contributed by atoms with Gasteiger partial charge in [-0.25, -0.2) is 9.59 Å². The number of nitro groups is 1. The van der Waals surface area contributed by atoms with Gasteiger partial charge in [0.05, 0.1) is 4.92 Å². The second-order valence-corrected chi connectivity index (χ2v) is 5.50. The van der Waals surface area contributed by atoms with E-state index >= 15 is 0 Å². The number of aromatic amines is 1. The van der Waals surface area contributed by atoms with Crippen molar-refractivity contribution in [2.75, 3.05) is 5.73 Å². The van der Waals surface area contributed by atoms with E-state index in [-0.39, 0.29) is 4.47 Å². The predicted octanol–water partition coefficient (Wildman–Crippen LogP) is 1.83. The maximum Gasteiger partial charge on any atom is 0.342 e. The zero-order valence-electron chi connectivity index (χ0n) is 11.9. The topological polar surface area (TPSA) is 177 Å². The highest BCUT2D eigenvalue weighted by Gasteiger charge is 2.29. The average molecular weight is 416 g/mol. The Bertz CT molecular complexity index is 1000. The Morgan fingerprint density at radius 2 is 1.80 bits per heavy atom. The fourth-order valence-corrected chi connectivity index (χ4v) is 2.71. The quantitative estimate of drug-likeness (QED) is 0.431. The highest BCUT2D eigenvalue weighted by Crippen LogP contribution is 2.37. The molecule has 25 heavy (non-hydrogen) atoms. The molecule has 0 fully saturated rings. The number of carboxylic acids is 2. The molecule has 0 radical (unpaired) electrons. The zero-order chi connectivity index (χ0) is 19.0. The van der Waals surface area contributed by atoms with E-state index in [0.29, 0.717) is 6.07 Å². The van der Waals surface area contributed by atoms with E-state index in [9.17, 15) is 39.1 Å². The molecule has 0 bridgehead atoms. The van der Waals surface area contributed by atoms with Gasteiger partial charge in [0, 0.05) is 21.7 Å². The van der Waals surface area contributed by atoms with E-state index in [0.717, 1.165) is 6.07 Å². The van der Waals surface area contributed by atoms with E-state index in [2.05, 4.69) is 15.9 Å². The third kappa shape index (κ3) is 3.06. The number of carbonyl (C=O) groups is 2. The van der Waals surface area contributed by atoms with Crippen LogP contribution in [-0.2, 0) is 0 Å². The van der Waals surface area contributed by atoms with Crippen LogP contribution in [0.4, 0.5) is 15.9 Å². The molecule has 12 heteroatoms. The molecule has 1 aromatic heterocycles. The number of aromatic carboxylic acids is 2. The standard InChI is InChI=1S/C13H7BrFN3O7/c14-4-2-6(18(24)25)5(15)1-3(4)7-8(12(20)21)10(16)17-11(19)9(7)13(22)23/h1-2H,(H,20,21)(H,22,23)(H3,16,17,19). The van der Waals surface area contributed by atoms with Gasteiger partial charge in [0.2, 0.25) is 5.82 Å². The number of nitrogen functional groups attached to an aromatic ring is 1. The molecule has 0 amide bonds. The second-order valence-electron chi connectivity index (χ2n) is 4.64. The Kier molecular flexibility index (Phi) is 4.56. The molecular weight excluding hydrogens is 409 g/mol. The first-order valence-electron chi connectivity index (χ1n) is 6.22. The molecule has 5 N–H and O–H groups in total. The number of carboxylic acid groups (broad SMARTS) is 2. The summed E-state index contributed by atoms with van der Waals surface area (Å²) in [6.07, 6.45) is 0. The van der Waals surface area contributed by atoms with E-state index in [1.165, 1.54) is 0 Å². The van der Waals surface area contributed by atoms with Crippen molar-refractivity contribution in [2.45, 2.75) is 0 Å². The maximum atomic E-state index is 14.0. The van der Waals surface area contributed by atoms with Crippen LogP contribution in [0.25, 0.3) is 11.1 Å². The first-order chi connectivity index (χ1) is 11.6. The summed E-state index contributed by atoms with van der Waals surface area (Å²) in [4.78, 5) is 46.4. The average Bonchev–Trinajstić information content (AvgIpc) is 2.47. The van der Waals surface area contributed by atoms with Crippen molar-refractivity contribution in [3.8, 4) is 11.1 Å². The van der Waals surface area contributed by atoms with Gasteiger partial charge in [0.25, 0.3) is 5.56 Å². The van der Waals surface area contributed by atoms with E-state index in [1.54, 1.807) is 0 Å². The number of halogens is 2. The van der Waals surface area contributed by atoms with Crippen LogP contribution in [0, 0.1) is 15.9 Å². The molecule has 1 aromatic carbocycles. The van der Waals surface area contributed by atoms with Gasteiger partial charge < -0.3 is 20.9 Å². The maximum absolute atomic E-state index is 14.0. The SMILES string of the molecule is Nc1[nH]c(=O)c(C(=O)O)c(-c2cc(F)c([N+](=O)[O-])cc2Br)c1C(=O)O. The van der Waals surface area contributed by atoms with Crippen LogP contribution in [0.2, 0.25) is 0 Å². The smallest absolute Gasteiger partial charge is 0.342 e. The zero-order valence-corrected chi connectivity index (χ0v) is 13.5. The van der Waals surface area contributed by atoms with Gasteiger partial charge >= 0.3 is 17.6 Å². The van der Waals surface area contributed by atoms with Gasteiger partial charge in [0.1, 0.15) is 16.9 Å². The summed E-state index contributed by atoms with van der Waals surface area (Å²) in [5.41, 5.74) is 0.451. The molecule has 130 valence electrons. The summed E-state index contributed by atoms with van der Waals surface area (Å²) in [5.74, 6) is -5.47. The number of nitrogens with one attached hydrogen (secondary N) is 1. The summed E-state index contributed by atoms with van der Waals surface area (Å²) in [5, 5.41) is 29.3. The summed E-state index contributed by atoms with van der Waals surface area (Å²) in [6, 6.07) is 1.27. The van der Waals surface area contributed by atoms with Gasteiger partial charge in [-0.15, -0.1) is 0 Å². The lowest BCUT2D eigenvalue weighted by atomic mass is 9.95. The monoisotopic (exact) mass is 415 g/mol. The lowest BCUT2D eigenvalue weighted by Gasteiger charge is -2.13. The minimum absolute atomic E-state index is 0.199. The molecule has 1 heterocycles. The van der Waals surface area contributed by atoms with Crippen molar-refractivity contribution < 1.29 is 29.1 Å². The Labute approximate surface area is 145 Å². The van der Waals surface area contributed by atoms with Crippen LogP contribution in [0.15, 0.2) is 21.4 Å².